The predicted molar refractivity (Wildman–Crippen MR) is 166 cm³/mol. The summed E-state index contributed by atoms with van der Waals surface area (Å²) in [4.78, 5) is 44.2. The van der Waals surface area contributed by atoms with E-state index in [1.54, 1.807) is 24.3 Å². The molecule has 9 heteroatoms. The van der Waals surface area contributed by atoms with E-state index in [9.17, 15) is 19.5 Å². The minimum Gasteiger partial charge on any atom is -0.494 e. The molecule has 3 aromatic carbocycles. The third-order valence-electron chi connectivity index (χ3n) is 9.37. The molecular weight excluding hydrogens is 558 g/mol. The van der Waals surface area contributed by atoms with E-state index in [0.29, 0.717) is 43.0 Å². The second kappa shape index (κ2) is 12.1. The van der Waals surface area contributed by atoms with Gasteiger partial charge in [0.05, 0.1) is 37.2 Å². The number of hydrogen-bond donors (Lipinski definition) is 3. The average molecular weight is 598 g/mol. The molecule has 3 amide bonds. The van der Waals surface area contributed by atoms with Crippen LogP contribution in [0.5, 0.6) is 5.75 Å². The number of nitrogens with one attached hydrogen (secondary N) is 2. The summed E-state index contributed by atoms with van der Waals surface area (Å²) in [5.41, 5.74) is 2.81. The number of ether oxygens (including phenoxy) is 2. The standard InChI is InChI=1S/C35H39N3O6/c1-4-43-26-15-13-24(14-16-26)36-32(40)28-27-17-18-35(44-27)29(28)34(42)38(25(20-39)19-23-11-6-5-7-12-23)31(35)33(41)37-30-21(2)9-8-10-22(30)3/h5-16,25,27-29,31,39H,4,17-20H2,1-3H3,(H,36,40)(H,37,41)/t25-,27+,28-,29+,31?,35?/m1/s1. The fourth-order valence-electron chi connectivity index (χ4n) is 7.45. The largest absolute Gasteiger partial charge is 0.494 e. The number of rotatable bonds is 10. The number of likely N-dealkylation sites (tertiary alicyclic amines) is 1. The highest BCUT2D eigenvalue weighted by molar-refractivity contribution is 6.05. The van der Waals surface area contributed by atoms with E-state index in [4.69, 9.17) is 9.47 Å². The number of para-hydroxylation sites is 1. The molecule has 44 heavy (non-hydrogen) atoms. The first kappa shape index (κ1) is 29.8. The number of nitrogens with zero attached hydrogens (tertiary/aromatic N) is 1. The lowest BCUT2D eigenvalue weighted by molar-refractivity contribution is -0.143. The third-order valence-corrected chi connectivity index (χ3v) is 9.37. The van der Waals surface area contributed by atoms with Gasteiger partial charge in [-0.15, -0.1) is 0 Å². The number of carbonyl (C=O) groups excluding carboxylic acids is 3. The number of benzene rings is 3. The Morgan fingerprint density at radius 3 is 2.36 bits per heavy atom. The highest BCUT2D eigenvalue weighted by Crippen LogP contribution is 2.59. The molecule has 3 aromatic rings. The van der Waals surface area contributed by atoms with Gasteiger partial charge in [-0.1, -0.05) is 48.5 Å². The van der Waals surface area contributed by atoms with Crippen LogP contribution in [-0.2, 0) is 25.5 Å². The highest BCUT2D eigenvalue weighted by Gasteiger charge is 2.75. The Morgan fingerprint density at radius 1 is 1.00 bits per heavy atom. The molecule has 0 aromatic heterocycles. The molecule has 2 bridgehead atoms. The number of aliphatic hydroxyl groups excluding tert-OH is 1. The molecule has 3 aliphatic heterocycles. The summed E-state index contributed by atoms with van der Waals surface area (Å²) in [6.45, 7) is 5.94. The Labute approximate surface area is 257 Å². The Hall–Kier alpha value is -4.21. The maximum Gasteiger partial charge on any atom is 0.250 e. The van der Waals surface area contributed by atoms with Crippen LogP contribution >= 0.6 is 0 Å². The van der Waals surface area contributed by atoms with Gasteiger partial charge in [0, 0.05) is 11.4 Å². The van der Waals surface area contributed by atoms with E-state index in [2.05, 4.69) is 10.6 Å². The van der Waals surface area contributed by atoms with Crippen molar-refractivity contribution in [3.63, 3.8) is 0 Å². The fraction of sp³-hybridized carbons (Fsp3) is 0.400. The van der Waals surface area contributed by atoms with Gasteiger partial charge in [-0.2, -0.15) is 0 Å². The van der Waals surface area contributed by atoms with Crippen LogP contribution in [0.3, 0.4) is 0 Å². The predicted octanol–water partition coefficient (Wildman–Crippen LogP) is 4.26. The van der Waals surface area contributed by atoms with Gasteiger partial charge in [-0.25, -0.2) is 0 Å². The zero-order valence-corrected chi connectivity index (χ0v) is 25.3. The van der Waals surface area contributed by atoms with Crippen LogP contribution in [0.15, 0.2) is 72.8 Å². The normalized spacial score (nSPS) is 25.9. The molecule has 2 unspecified atom stereocenters. The van der Waals surface area contributed by atoms with Crippen molar-refractivity contribution in [3.8, 4) is 5.75 Å². The van der Waals surface area contributed by atoms with Gasteiger partial charge < -0.3 is 30.1 Å². The van der Waals surface area contributed by atoms with E-state index in [-0.39, 0.29) is 24.3 Å². The number of amides is 3. The summed E-state index contributed by atoms with van der Waals surface area (Å²) in [7, 11) is 0. The summed E-state index contributed by atoms with van der Waals surface area (Å²) in [5, 5.41) is 16.7. The van der Waals surface area contributed by atoms with Crippen molar-refractivity contribution >= 4 is 29.1 Å². The minimum absolute atomic E-state index is 0.321. The van der Waals surface area contributed by atoms with Crippen LogP contribution in [0.2, 0.25) is 0 Å². The molecule has 1 spiro atoms. The Bertz CT molecular complexity index is 1520. The van der Waals surface area contributed by atoms with Gasteiger partial charge in [0.1, 0.15) is 17.4 Å². The fourth-order valence-corrected chi connectivity index (χ4v) is 7.45. The molecule has 6 atom stereocenters. The molecule has 3 heterocycles. The molecule has 3 fully saturated rings. The van der Waals surface area contributed by atoms with Gasteiger partial charge in [0.2, 0.25) is 17.7 Å². The average Bonchev–Trinajstić information content (AvgIpc) is 3.67. The van der Waals surface area contributed by atoms with E-state index < -0.39 is 35.6 Å². The Morgan fingerprint density at radius 2 is 1.70 bits per heavy atom. The number of aryl methyl sites for hydroxylation is 2. The van der Waals surface area contributed by atoms with Crippen molar-refractivity contribution in [3.05, 3.63) is 89.5 Å². The SMILES string of the molecule is CCOc1ccc(NC(=O)[C@@H]2[C@@H]3CCC4(O3)C(C(=O)Nc3c(C)cccc3C)N([C@@H](CO)Cc3ccccc3)C(=O)[C@H]24)cc1. The lowest BCUT2D eigenvalue weighted by Crippen LogP contribution is -2.56. The number of fused-ring (bicyclic) bond motifs is 1. The van der Waals surface area contributed by atoms with Crippen molar-refractivity contribution < 1.29 is 29.0 Å². The van der Waals surface area contributed by atoms with Crippen LogP contribution in [0.4, 0.5) is 11.4 Å². The van der Waals surface area contributed by atoms with Gasteiger partial charge >= 0.3 is 0 Å². The van der Waals surface area contributed by atoms with E-state index in [1.165, 1.54) is 4.90 Å². The number of hydrogen-bond acceptors (Lipinski definition) is 6. The van der Waals surface area contributed by atoms with Gasteiger partial charge in [-0.3, -0.25) is 14.4 Å². The van der Waals surface area contributed by atoms with Crippen molar-refractivity contribution in [2.45, 2.75) is 63.8 Å². The van der Waals surface area contributed by atoms with Crippen molar-refractivity contribution in [2.24, 2.45) is 11.8 Å². The number of anilines is 2. The summed E-state index contributed by atoms with van der Waals surface area (Å²) in [6, 6.07) is 20.7. The molecule has 6 rings (SSSR count). The first-order valence-electron chi connectivity index (χ1n) is 15.3. The van der Waals surface area contributed by atoms with Crippen molar-refractivity contribution in [2.75, 3.05) is 23.8 Å². The molecule has 3 aliphatic rings. The molecule has 3 N–H and O–H groups in total. The number of aliphatic hydroxyl groups is 1. The first-order chi connectivity index (χ1) is 21.3. The van der Waals surface area contributed by atoms with Gasteiger partial charge in [-0.05, 0) is 81.0 Å². The van der Waals surface area contributed by atoms with E-state index >= 15 is 0 Å². The van der Waals surface area contributed by atoms with Gasteiger partial charge in [0.15, 0.2) is 0 Å². The van der Waals surface area contributed by atoms with Crippen LogP contribution in [0.25, 0.3) is 0 Å². The van der Waals surface area contributed by atoms with Crippen LogP contribution in [0, 0.1) is 25.7 Å². The Balaban J connectivity index is 1.35. The first-order valence-corrected chi connectivity index (χ1v) is 15.3. The zero-order valence-electron chi connectivity index (χ0n) is 25.3. The second-order valence-electron chi connectivity index (χ2n) is 12.0. The maximum atomic E-state index is 14.5. The monoisotopic (exact) mass is 597 g/mol. The third kappa shape index (κ3) is 5.14. The van der Waals surface area contributed by atoms with Gasteiger partial charge in [0.25, 0.3) is 0 Å². The van der Waals surface area contributed by atoms with Crippen molar-refractivity contribution in [1.29, 1.82) is 0 Å². The highest BCUT2D eigenvalue weighted by atomic mass is 16.5. The maximum absolute atomic E-state index is 14.5. The summed E-state index contributed by atoms with van der Waals surface area (Å²) < 4.78 is 12.1. The molecular formula is C35H39N3O6. The molecule has 0 radical (unpaired) electrons. The summed E-state index contributed by atoms with van der Waals surface area (Å²) >= 11 is 0. The molecule has 3 saturated heterocycles. The zero-order chi connectivity index (χ0) is 31.0. The van der Waals surface area contributed by atoms with Crippen LogP contribution in [-0.4, -0.2) is 64.7 Å². The smallest absolute Gasteiger partial charge is 0.250 e. The molecule has 9 nitrogen and oxygen atoms in total. The molecule has 230 valence electrons. The van der Waals surface area contributed by atoms with E-state index in [1.807, 2.05) is 69.3 Å². The van der Waals surface area contributed by atoms with E-state index in [0.717, 1.165) is 16.7 Å². The minimum atomic E-state index is -1.19. The lowest BCUT2D eigenvalue weighted by Gasteiger charge is -2.37. The molecule has 0 aliphatic carbocycles. The summed E-state index contributed by atoms with van der Waals surface area (Å²) in [5.74, 6) is -1.98. The number of carbonyl (C=O) groups is 3. The van der Waals surface area contributed by atoms with Crippen LogP contribution in [0.1, 0.15) is 36.5 Å². The quantitative estimate of drug-likeness (QED) is 0.322. The summed E-state index contributed by atoms with van der Waals surface area (Å²) in [6.07, 6.45) is 0.873. The second-order valence-corrected chi connectivity index (χ2v) is 12.0. The Kier molecular flexibility index (Phi) is 8.18. The lowest BCUT2D eigenvalue weighted by atomic mass is 9.70. The topological polar surface area (TPSA) is 117 Å². The van der Waals surface area contributed by atoms with Crippen molar-refractivity contribution in [1.82, 2.24) is 4.90 Å². The van der Waals surface area contributed by atoms with Crippen LogP contribution < -0.4 is 15.4 Å². The molecule has 0 saturated carbocycles.